The Hall–Kier alpha value is -2.15. The summed E-state index contributed by atoms with van der Waals surface area (Å²) in [4.78, 5) is 13.7. The van der Waals surface area contributed by atoms with Crippen LogP contribution in [-0.2, 0) is 44.3 Å². The SMILES string of the molecule is CCOP(=O)(OCC)c1ccc(S(=O)(=O)N(CC(C)C)C[C@@H](O)[C@H](Cc2ccccc2)NC(=O)C[C@H]2C3CCC4[C@@H](OC3)OC[C@H]42)cc1. The summed E-state index contributed by atoms with van der Waals surface area (Å²) in [5.41, 5.74) is 0.915. The molecule has 2 aromatic rings. The molecule has 4 bridgehead atoms. The second-order valence-electron chi connectivity index (χ2n) is 13.5. The van der Waals surface area contributed by atoms with Crippen molar-refractivity contribution >= 4 is 28.8 Å². The largest absolute Gasteiger partial charge is 0.390 e. The number of hydrogen-bond acceptors (Lipinski definition) is 9. The molecular weight excluding hydrogens is 655 g/mol. The van der Waals surface area contributed by atoms with Gasteiger partial charge in [0.25, 0.3) is 0 Å². The molecule has 0 aromatic heterocycles. The standard InChI is InChI=1S/C35H51N2O9PS/c1-5-45-47(40,46-6-2)27-13-15-28(16-14-27)48(41,42)37(20-24(3)4)21-33(38)32(18-25-10-8-7-9-11-25)36-34(39)19-30-26-12-17-29-31(30)23-44-35(29)43-22-26/h7-11,13-16,24,26,29-33,35,38H,5-6,12,17-23H2,1-4H3,(H,36,39)/t26?,29?,30-,31+,32-,33+,35-/m0/s1. The van der Waals surface area contributed by atoms with E-state index in [9.17, 15) is 22.9 Å². The van der Waals surface area contributed by atoms with Gasteiger partial charge in [-0.25, -0.2) is 8.42 Å². The molecule has 13 heteroatoms. The van der Waals surface area contributed by atoms with E-state index in [1.807, 2.05) is 44.2 Å². The van der Waals surface area contributed by atoms with Crippen LogP contribution in [0.15, 0.2) is 59.5 Å². The number of benzene rings is 2. The van der Waals surface area contributed by atoms with Crippen molar-refractivity contribution in [1.29, 1.82) is 0 Å². The summed E-state index contributed by atoms with van der Waals surface area (Å²) in [5, 5.41) is 15.1. The zero-order valence-corrected chi connectivity index (χ0v) is 30.1. The first-order valence-electron chi connectivity index (χ1n) is 17.2. The van der Waals surface area contributed by atoms with Crippen molar-refractivity contribution < 1.29 is 41.4 Å². The molecule has 3 heterocycles. The van der Waals surface area contributed by atoms with E-state index < -0.39 is 29.8 Å². The number of hydrogen-bond donors (Lipinski definition) is 2. The molecule has 1 amide bonds. The van der Waals surface area contributed by atoms with Gasteiger partial charge in [-0.1, -0.05) is 44.2 Å². The van der Waals surface area contributed by atoms with E-state index in [-0.39, 0.29) is 72.4 Å². The lowest BCUT2D eigenvalue weighted by Gasteiger charge is -2.36. The molecule has 3 aliphatic heterocycles. The van der Waals surface area contributed by atoms with E-state index in [1.54, 1.807) is 13.8 Å². The van der Waals surface area contributed by atoms with Gasteiger partial charge in [-0.2, -0.15) is 4.31 Å². The van der Waals surface area contributed by atoms with Crippen LogP contribution in [0, 0.1) is 29.6 Å². The molecule has 11 nitrogen and oxygen atoms in total. The minimum atomic E-state index is -4.09. The van der Waals surface area contributed by atoms with Crippen LogP contribution in [0.2, 0.25) is 0 Å². The number of aliphatic hydroxyl groups is 1. The fourth-order valence-electron chi connectivity index (χ4n) is 7.45. The summed E-state index contributed by atoms with van der Waals surface area (Å²) >= 11 is 0. The molecule has 0 spiro atoms. The zero-order chi connectivity index (χ0) is 34.5. The maximum atomic E-state index is 14.0. The van der Waals surface area contributed by atoms with Crippen molar-refractivity contribution in [3.63, 3.8) is 0 Å². The minimum Gasteiger partial charge on any atom is -0.390 e. The van der Waals surface area contributed by atoms with Gasteiger partial charge in [0.2, 0.25) is 15.9 Å². The predicted molar refractivity (Wildman–Crippen MR) is 182 cm³/mol. The van der Waals surface area contributed by atoms with Crippen LogP contribution < -0.4 is 10.6 Å². The highest BCUT2D eigenvalue weighted by Gasteiger charge is 2.51. The highest BCUT2D eigenvalue weighted by atomic mass is 32.2. The number of nitrogens with zero attached hydrogens (tertiary/aromatic N) is 1. The third-order valence-corrected chi connectivity index (χ3v) is 13.7. The Morgan fingerprint density at radius 3 is 2.29 bits per heavy atom. The van der Waals surface area contributed by atoms with Crippen molar-refractivity contribution in [2.75, 3.05) is 39.5 Å². The number of aliphatic hydroxyl groups excluding tert-OH is 1. The maximum Gasteiger partial charge on any atom is 0.361 e. The van der Waals surface area contributed by atoms with Crippen LogP contribution in [0.4, 0.5) is 0 Å². The number of carbonyl (C=O) groups excluding carboxylic acids is 1. The van der Waals surface area contributed by atoms with Gasteiger partial charge in [-0.15, -0.1) is 0 Å². The summed E-state index contributed by atoms with van der Waals surface area (Å²) in [6, 6.07) is 14.5. The summed E-state index contributed by atoms with van der Waals surface area (Å²) in [6.07, 6.45) is 1.31. The van der Waals surface area contributed by atoms with Crippen LogP contribution in [0.1, 0.15) is 52.5 Å². The number of rotatable bonds is 17. The molecule has 1 aliphatic carbocycles. The fourth-order valence-corrected chi connectivity index (χ4v) is 10.6. The van der Waals surface area contributed by atoms with E-state index in [4.69, 9.17) is 18.5 Å². The van der Waals surface area contributed by atoms with E-state index in [0.717, 1.165) is 18.4 Å². The third kappa shape index (κ3) is 8.58. The first-order chi connectivity index (χ1) is 22.9. The quantitative estimate of drug-likeness (QED) is 0.230. The third-order valence-electron chi connectivity index (χ3n) is 9.73. The average molecular weight is 707 g/mol. The van der Waals surface area contributed by atoms with E-state index in [2.05, 4.69) is 5.32 Å². The Balaban J connectivity index is 1.34. The van der Waals surface area contributed by atoms with Crippen molar-refractivity contribution in [3.05, 3.63) is 60.2 Å². The molecule has 4 aliphatic rings. The number of amides is 1. The van der Waals surface area contributed by atoms with Crippen molar-refractivity contribution in [1.82, 2.24) is 9.62 Å². The van der Waals surface area contributed by atoms with Gasteiger partial charge < -0.3 is 28.9 Å². The van der Waals surface area contributed by atoms with Crippen LogP contribution in [0.25, 0.3) is 0 Å². The Bertz CT molecular complexity index is 1500. The highest BCUT2D eigenvalue weighted by Crippen LogP contribution is 2.50. The van der Waals surface area contributed by atoms with Crippen molar-refractivity contribution in [2.24, 2.45) is 29.6 Å². The molecule has 2 unspecified atom stereocenters. The molecule has 4 fully saturated rings. The fraction of sp³-hybridized carbons (Fsp3) is 0.629. The molecule has 266 valence electrons. The Labute approximate surface area is 285 Å². The van der Waals surface area contributed by atoms with Crippen LogP contribution in [-0.4, -0.2) is 81.7 Å². The van der Waals surface area contributed by atoms with Crippen molar-refractivity contribution in [3.8, 4) is 0 Å². The van der Waals surface area contributed by atoms with Crippen LogP contribution in [0.3, 0.4) is 0 Å². The number of ether oxygens (including phenoxy) is 2. The molecule has 7 atom stereocenters. The van der Waals surface area contributed by atoms with Gasteiger partial charge in [-0.3, -0.25) is 9.36 Å². The number of carbonyl (C=O) groups is 1. The van der Waals surface area contributed by atoms with Gasteiger partial charge >= 0.3 is 7.60 Å². The normalized spacial score (nSPS) is 25.3. The van der Waals surface area contributed by atoms with E-state index >= 15 is 0 Å². The molecule has 0 radical (unpaired) electrons. The maximum absolute atomic E-state index is 14.0. The van der Waals surface area contributed by atoms with Gasteiger partial charge in [0, 0.05) is 25.4 Å². The van der Waals surface area contributed by atoms with Gasteiger partial charge in [-0.05, 0) is 86.6 Å². The van der Waals surface area contributed by atoms with Gasteiger partial charge in [0.1, 0.15) is 0 Å². The van der Waals surface area contributed by atoms with E-state index in [1.165, 1.54) is 28.6 Å². The van der Waals surface area contributed by atoms with Crippen LogP contribution >= 0.6 is 7.60 Å². The Kier molecular flexibility index (Phi) is 12.6. The number of sulfonamides is 1. The first-order valence-corrected chi connectivity index (χ1v) is 20.2. The van der Waals surface area contributed by atoms with Crippen LogP contribution in [0.5, 0.6) is 0 Å². The molecule has 2 aromatic carbocycles. The summed E-state index contributed by atoms with van der Waals surface area (Å²) in [7, 11) is -7.69. The highest BCUT2D eigenvalue weighted by molar-refractivity contribution is 7.89. The minimum absolute atomic E-state index is 0.00925. The zero-order valence-electron chi connectivity index (χ0n) is 28.4. The number of nitrogens with one attached hydrogen (secondary N) is 1. The second kappa shape index (κ2) is 16.2. The smallest absolute Gasteiger partial charge is 0.361 e. The molecule has 6 rings (SSSR count). The second-order valence-corrected chi connectivity index (χ2v) is 17.5. The van der Waals surface area contributed by atoms with Crippen molar-refractivity contribution in [2.45, 2.75) is 76.7 Å². The Morgan fingerprint density at radius 1 is 0.979 bits per heavy atom. The van der Waals surface area contributed by atoms with Gasteiger partial charge in [0.05, 0.1) is 48.8 Å². The van der Waals surface area contributed by atoms with E-state index in [0.29, 0.717) is 32.0 Å². The lowest BCUT2D eigenvalue weighted by molar-refractivity contribution is -0.134. The molecule has 3 saturated heterocycles. The molecular formula is C35H51N2O9PS. The summed E-state index contributed by atoms with van der Waals surface area (Å²) < 4.78 is 65.3. The Morgan fingerprint density at radius 2 is 1.65 bits per heavy atom. The predicted octanol–water partition coefficient (Wildman–Crippen LogP) is 4.35. The first kappa shape index (κ1) is 37.1. The lowest BCUT2D eigenvalue weighted by Crippen LogP contribution is -2.51. The average Bonchev–Trinajstić information content (AvgIpc) is 3.29. The lowest BCUT2D eigenvalue weighted by atomic mass is 9.67. The summed E-state index contributed by atoms with van der Waals surface area (Å²) in [5.74, 6) is 0.785. The monoisotopic (exact) mass is 706 g/mol. The molecule has 48 heavy (non-hydrogen) atoms. The van der Waals surface area contributed by atoms with Gasteiger partial charge in [0.15, 0.2) is 6.29 Å². The topological polar surface area (TPSA) is 141 Å². The molecule has 2 N–H and O–H groups in total. The summed E-state index contributed by atoms with van der Waals surface area (Å²) in [6.45, 7) is 8.68. The molecule has 1 saturated carbocycles. The number of fused-ring (bicyclic) bond motifs is 2.